The van der Waals surface area contributed by atoms with E-state index in [-0.39, 0.29) is 0 Å². The predicted octanol–water partition coefficient (Wildman–Crippen LogP) is 2.65. The summed E-state index contributed by atoms with van der Waals surface area (Å²) < 4.78 is 5.17. The molecule has 90 valence electrons. The van der Waals surface area contributed by atoms with Crippen LogP contribution < -0.4 is 15.8 Å². The van der Waals surface area contributed by atoms with Crippen LogP contribution in [0.15, 0.2) is 23.7 Å². The number of methoxy groups -OCH3 is 1. The second-order valence-electron chi connectivity index (χ2n) is 3.64. The number of thiazole rings is 1. The van der Waals surface area contributed by atoms with Gasteiger partial charge in [0, 0.05) is 4.88 Å². The molecule has 0 unspecified atom stereocenters. The van der Waals surface area contributed by atoms with Gasteiger partial charge in [-0.15, -0.1) is 11.3 Å². The van der Waals surface area contributed by atoms with Crippen LogP contribution in [0.3, 0.4) is 0 Å². The molecule has 3 N–H and O–H groups in total. The molecule has 2 aromatic rings. The smallest absolute Gasteiger partial charge is 0.143 e. The molecule has 0 spiro atoms. The Morgan fingerprint density at radius 2 is 2.29 bits per heavy atom. The lowest BCUT2D eigenvalue weighted by Crippen LogP contribution is -2.03. The molecule has 0 saturated heterocycles. The van der Waals surface area contributed by atoms with Gasteiger partial charge in [-0.05, 0) is 19.1 Å². The van der Waals surface area contributed by atoms with Gasteiger partial charge in [0.2, 0.25) is 0 Å². The maximum absolute atomic E-state index is 5.97. The van der Waals surface area contributed by atoms with E-state index in [1.54, 1.807) is 18.4 Å². The molecule has 17 heavy (non-hydrogen) atoms. The fourth-order valence-corrected chi connectivity index (χ4v) is 2.26. The second kappa shape index (κ2) is 5.05. The molecular formula is C12H15N3OS. The lowest BCUT2D eigenvalue weighted by molar-refractivity contribution is 0.417. The number of anilines is 2. The van der Waals surface area contributed by atoms with Crippen molar-refractivity contribution in [1.29, 1.82) is 0 Å². The van der Waals surface area contributed by atoms with Crippen molar-refractivity contribution >= 4 is 22.7 Å². The van der Waals surface area contributed by atoms with E-state index in [0.717, 1.165) is 17.9 Å². The zero-order chi connectivity index (χ0) is 12.3. The quantitative estimate of drug-likeness (QED) is 0.818. The van der Waals surface area contributed by atoms with Gasteiger partial charge in [-0.25, -0.2) is 4.98 Å². The highest BCUT2D eigenvalue weighted by molar-refractivity contribution is 7.09. The molecule has 0 fully saturated rings. The van der Waals surface area contributed by atoms with Crippen LogP contribution in [0.5, 0.6) is 5.75 Å². The van der Waals surface area contributed by atoms with Gasteiger partial charge in [0.1, 0.15) is 5.75 Å². The van der Waals surface area contributed by atoms with Gasteiger partial charge in [0.05, 0.1) is 36.2 Å². The Morgan fingerprint density at radius 1 is 1.47 bits per heavy atom. The SMILES string of the molecule is COc1cccc(NCc2scnc2C)c1N. The summed E-state index contributed by atoms with van der Waals surface area (Å²) in [6.07, 6.45) is 0. The molecule has 0 radical (unpaired) electrons. The number of aromatic nitrogens is 1. The monoisotopic (exact) mass is 249 g/mol. The third-order valence-electron chi connectivity index (χ3n) is 2.57. The van der Waals surface area contributed by atoms with Crippen LogP contribution >= 0.6 is 11.3 Å². The Balaban J connectivity index is 2.12. The van der Waals surface area contributed by atoms with E-state index in [1.807, 2.05) is 30.6 Å². The Hall–Kier alpha value is -1.75. The minimum atomic E-state index is 0.636. The minimum absolute atomic E-state index is 0.636. The van der Waals surface area contributed by atoms with Gasteiger partial charge in [-0.3, -0.25) is 0 Å². The molecule has 0 saturated carbocycles. The summed E-state index contributed by atoms with van der Waals surface area (Å²) in [5, 5.41) is 3.30. The van der Waals surface area contributed by atoms with Crippen molar-refractivity contribution < 1.29 is 4.74 Å². The highest BCUT2D eigenvalue weighted by Gasteiger charge is 2.06. The number of ether oxygens (including phenoxy) is 1. The standard InChI is InChI=1S/C12H15N3OS/c1-8-11(17-7-15-8)6-14-9-4-3-5-10(16-2)12(9)13/h3-5,7,14H,6,13H2,1-2H3. The van der Waals surface area contributed by atoms with Crippen molar-refractivity contribution in [2.24, 2.45) is 0 Å². The van der Waals surface area contributed by atoms with Gasteiger partial charge in [0.15, 0.2) is 0 Å². The zero-order valence-electron chi connectivity index (χ0n) is 9.86. The topological polar surface area (TPSA) is 60.2 Å². The third-order valence-corrected chi connectivity index (χ3v) is 3.51. The molecular weight excluding hydrogens is 234 g/mol. The number of hydrogen-bond acceptors (Lipinski definition) is 5. The number of benzene rings is 1. The first-order valence-electron chi connectivity index (χ1n) is 5.27. The first-order valence-corrected chi connectivity index (χ1v) is 6.15. The van der Waals surface area contributed by atoms with Crippen molar-refractivity contribution in [3.63, 3.8) is 0 Å². The summed E-state index contributed by atoms with van der Waals surface area (Å²) in [6.45, 7) is 2.73. The summed E-state index contributed by atoms with van der Waals surface area (Å²) in [7, 11) is 1.61. The van der Waals surface area contributed by atoms with Gasteiger partial charge in [0.25, 0.3) is 0 Å². The van der Waals surface area contributed by atoms with E-state index in [9.17, 15) is 0 Å². The van der Waals surface area contributed by atoms with Crippen LogP contribution in [-0.2, 0) is 6.54 Å². The number of hydrogen-bond donors (Lipinski definition) is 2. The molecule has 0 aliphatic rings. The fourth-order valence-electron chi connectivity index (χ4n) is 1.55. The van der Waals surface area contributed by atoms with Crippen molar-refractivity contribution in [2.75, 3.05) is 18.2 Å². The number of nitrogens with one attached hydrogen (secondary N) is 1. The summed E-state index contributed by atoms with van der Waals surface area (Å²) in [4.78, 5) is 5.42. The van der Waals surface area contributed by atoms with Crippen LogP contribution in [0.2, 0.25) is 0 Å². The molecule has 5 heteroatoms. The highest BCUT2D eigenvalue weighted by atomic mass is 32.1. The average Bonchev–Trinajstić information content (AvgIpc) is 2.74. The summed E-state index contributed by atoms with van der Waals surface area (Å²) in [5.41, 5.74) is 10.4. The summed E-state index contributed by atoms with van der Waals surface area (Å²) >= 11 is 1.64. The fraction of sp³-hybridized carbons (Fsp3) is 0.250. The first kappa shape index (κ1) is 11.7. The maximum atomic E-state index is 5.97. The number of nitrogens with two attached hydrogens (primary N) is 1. The Bertz CT molecular complexity index is 510. The van der Waals surface area contributed by atoms with Gasteiger partial charge in [-0.2, -0.15) is 0 Å². The summed E-state index contributed by atoms with van der Waals surface area (Å²) in [5.74, 6) is 0.691. The zero-order valence-corrected chi connectivity index (χ0v) is 10.7. The van der Waals surface area contributed by atoms with Gasteiger partial charge >= 0.3 is 0 Å². The number of nitrogens with zero attached hydrogens (tertiary/aromatic N) is 1. The van der Waals surface area contributed by atoms with E-state index < -0.39 is 0 Å². The molecule has 0 aliphatic heterocycles. The van der Waals surface area contributed by atoms with E-state index in [0.29, 0.717) is 11.4 Å². The molecule has 0 atom stereocenters. The highest BCUT2D eigenvalue weighted by Crippen LogP contribution is 2.29. The average molecular weight is 249 g/mol. The molecule has 1 aromatic heterocycles. The normalized spacial score (nSPS) is 10.2. The number of nitrogen functional groups attached to an aromatic ring is 1. The summed E-state index contributed by atoms with van der Waals surface area (Å²) in [6, 6.07) is 5.70. The van der Waals surface area contributed by atoms with Gasteiger partial charge in [-0.1, -0.05) is 6.07 Å². The molecule has 1 aromatic carbocycles. The Kier molecular flexibility index (Phi) is 3.49. The predicted molar refractivity (Wildman–Crippen MR) is 71.6 cm³/mol. The molecule has 0 amide bonds. The molecule has 1 heterocycles. The van der Waals surface area contributed by atoms with E-state index in [2.05, 4.69) is 10.3 Å². The number of aryl methyl sites for hydroxylation is 1. The van der Waals surface area contributed by atoms with Gasteiger partial charge < -0.3 is 15.8 Å². The van der Waals surface area contributed by atoms with Crippen LogP contribution in [0, 0.1) is 6.92 Å². The largest absolute Gasteiger partial charge is 0.495 e. The molecule has 0 aliphatic carbocycles. The molecule has 4 nitrogen and oxygen atoms in total. The van der Waals surface area contributed by atoms with Crippen molar-refractivity contribution in [1.82, 2.24) is 4.98 Å². The van der Waals surface area contributed by atoms with Crippen molar-refractivity contribution in [3.8, 4) is 5.75 Å². The van der Waals surface area contributed by atoms with Crippen LogP contribution in [0.4, 0.5) is 11.4 Å². The van der Waals surface area contributed by atoms with Crippen molar-refractivity contribution in [2.45, 2.75) is 13.5 Å². The Labute approximate surface area is 104 Å². The van der Waals surface area contributed by atoms with Crippen LogP contribution in [0.25, 0.3) is 0 Å². The van der Waals surface area contributed by atoms with Crippen LogP contribution in [-0.4, -0.2) is 12.1 Å². The Morgan fingerprint density at radius 3 is 2.94 bits per heavy atom. The maximum Gasteiger partial charge on any atom is 0.143 e. The van der Waals surface area contributed by atoms with E-state index in [4.69, 9.17) is 10.5 Å². The second-order valence-corrected chi connectivity index (χ2v) is 4.58. The van der Waals surface area contributed by atoms with Crippen LogP contribution in [0.1, 0.15) is 10.6 Å². The van der Waals surface area contributed by atoms with E-state index in [1.165, 1.54) is 4.88 Å². The lowest BCUT2D eigenvalue weighted by Gasteiger charge is -2.11. The number of rotatable bonds is 4. The third kappa shape index (κ3) is 2.50. The van der Waals surface area contributed by atoms with Crippen molar-refractivity contribution in [3.05, 3.63) is 34.3 Å². The van der Waals surface area contributed by atoms with E-state index >= 15 is 0 Å². The lowest BCUT2D eigenvalue weighted by atomic mass is 10.2. The first-order chi connectivity index (χ1) is 8.22. The molecule has 0 bridgehead atoms. The number of para-hydroxylation sites is 1. The minimum Gasteiger partial charge on any atom is -0.495 e. The molecule has 2 rings (SSSR count).